The van der Waals surface area contributed by atoms with E-state index in [-0.39, 0.29) is 23.3 Å². The molecule has 5 rings (SSSR count). The highest BCUT2D eigenvalue weighted by Gasteiger charge is 2.37. The number of likely N-dealkylation sites (tertiary alicyclic amines) is 1. The van der Waals surface area contributed by atoms with Gasteiger partial charge in [0.25, 0.3) is 11.5 Å². The SMILES string of the molecule is Nc1cccc(C(=O)N2C[C@@H]3C[C@H](C2)c2ccc(CN4CCOCC4)c(=O)n2C3)n1. The summed E-state index contributed by atoms with van der Waals surface area (Å²) in [5, 5.41) is 0. The topological polar surface area (TPSA) is 93.7 Å². The summed E-state index contributed by atoms with van der Waals surface area (Å²) in [6, 6.07) is 9.21. The third kappa shape index (κ3) is 3.61. The van der Waals surface area contributed by atoms with Gasteiger partial charge < -0.3 is 19.9 Å². The fourth-order valence-corrected chi connectivity index (χ4v) is 5.01. The van der Waals surface area contributed by atoms with Crippen molar-refractivity contribution >= 4 is 11.7 Å². The van der Waals surface area contributed by atoms with E-state index in [0.29, 0.717) is 37.7 Å². The number of nitrogens with zero attached hydrogens (tertiary/aromatic N) is 4. The Balaban J connectivity index is 1.37. The number of ether oxygens (including phenoxy) is 1. The summed E-state index contributed by atoms with van der Waals surface area (Å²) >= 11 is 0. The van der Waals surface area contributed by atoms with Crippen LogP contribution in [0.3, 0.4) is 0 Å². The number of fused-ring (bicyclic) bond motifs is 4. The minimum Gasteiger partial charge on any atom is -0.384 e. The summed E-state index contributed by atoms with van der Waals surface area (Å²) < 4.78 is 7.36. The number of rotatable bonds is 3. The molecule has 2 aromatic heterocycles. The number of aromatic nitrogens is 2. The summed E-state index contributed by atoms with van der Waals surface area (Å²) in [7, 11) is 0. The number of nitrogen functional groups attached to an aromatic ring is 1. The molecule has 2 atom stereocenters. The van der Waals surface area contributed by atoms with Gasteiger partial charge in [-0.3, -0.25) is 14.5 Å². The van der Waals surface area contributed by atoms with Gasteiger partial charge in [0.05, 0.1) is 13.2 Å². The van der Waals surface area contributed by atoms with Gasteiger partial charge in [-0.15, -0.1) is 0 Å². The first-order valence-corrected chi connectivity index (χ1v) is 10.6. The molecule has 0 saturated carbocycles. The largest absolute Gasteiger partial charge is 0.384 e. The van der Waals surface area contributed by atoms with Crippen molar-refractivity contribution in [1.82, 2.24) is 19.4 Å². The maximum atomic E-state index is 13.2. The lowest BCUT2D eigenvalue weighted by atomic mass is 9.83. The predicted octanol–water partition coefficient (Wildman–Crippen LogP) is 0.917. The summed E-state index contributed by atoms with van der Waals surface area (Å²) in [5.41, 5.74) is 8.13. The first-order chi connectivity index (χ1) is 14.6. The minimum atomic E-state index is -0.0864. The Morgan fingerprint density at radius 2 is 1.97 bits per heavy atom. The van der Waals surface area contributed by atoms with E-state index in [1.807, 2.05) is 15.5 Å². The number of piperidine rings is 1. The normalized spacial score (nSPS) is 23.8. The number of anilines is 1. The van der Waals surface area contributed by atoms with Gasteiger partial charge in [-0.05, 0) is 30.5 Å². The molecule has 2 aromatic rings. The standard InChI is InChI=1S/C22H27N5O3/c23-20-3-1-2-18(24-20)22(29)26-11-15-10-17(14-26)19-5-4-16(21(28)27(19)12-15)13-25-6-8-30-9-7-25/h1-5,15,17H,6-14H2,(H2,23,24)/t15-,17+/m0/s1. The van der Waals surface area contributed by atoms with E-state index in [9.17, 15) is 9.59 Å². The molecule has 8 heteroatoms. The number of hydrogen-bond acceptors (Lipinski definition) is 6. The number of hydrogen-bond donors (Lipinski definition) is 1. The molecule has 2 fully saturated rings. The lowest BCUT2D eigenvalue weighted by Crippen LogP contribution is -2.49. The minimum absolute atomic E-state index is 0.0864. The van der Waals surface area contributed by atoms with Crippen molar-refractivity contribution in [3.8, 4) is 0 Å². The van der Waals surface area contributed by atoms with Crippen LogP contribution in [0.15, 0.2) is 35.1 Å². The summed E-state index contributed by atoms with van der Waals surface area (Å²) in [6.07, 6.45) is 1.01. The molecule has 2 saturated heterocycles. The number of pyridine rings is 2. The molecule has 0 radical (unpaired) electrons. The van der Waals surface area contributed by atoms with Gasteiger partial charge in [0.1, 0.15) is 11.5 Å². The van der Waals surface area contributed by atoms with Crippen molar-refractivity contribution in [2.24, 2.45) is 5.92 Å². The molecule has 1 amide bonds. The Hall–Kier alpha value is -2.71. The molecule has 2 N–H and O–H groups in total. The van der Waals surface area contributed by atoms with E-state index in [0.717, 1.165) is 44.0 Å². The van der Waals surface area contributed by atoms with E-state index >= 15 is 0 Å². The van der Waals surface area contributed by atoms with Crippen molar-refractivity contribution in [1.29, 1.82) is 0 Å². The van der Waals surface area contributed by atoms with E-state index in [4.69, 9.17) is 10.5 Å². The molecule has 2 bridgehead atoms. The smallest absolute Gasteiger partial charge is 0.272 e. The lowest BCUT2D eigenvalue weighted by molar-refractivity contribution is 0.0338. The fourth-order valence-electron chi connectivity index (χ4n) is 5.01. The first-order valence-electron chi connectivity index (χ1n) is 10.6. The molecule has 8 nitrogen and oxygen atoms in total. The second-order valence-electron chi connectivity index (χ2n) is 8.54. The third-order valence-electron chi connectivity index (χ3n) is 6.46. The monoisotopic (exact) mass is 409 g/mol. The lowest BCUT2D eigenvalue weighted by Gasteiger charge is -2.42. The second kappa shape index (κ2) is 7.85. The number of amides is 1. The van der Waals surface area contributed by atoms with Crippen molar-refractivity contribution in [2.75, 3.05) is 45.1 Å². The number of morpholine rings is 1. The average molecular weight is 409 g/mol. The molecule has 30 heavy (non-hydrogen) atoms. The van der Waals surface area contributed by atoms with E-state index in [2.05, 4.69) is 16.0 Å². The van der Waals surface area contributed by atoms with Crippen LogP contribution in [0.4, 0.5) is 5.82 Å². The zero-order chi connectivity index (χ0) is 20.7. The highest BCUT2D eigenvalue weighted by Crippen LogP contribution is 2.35. The molecule has 0 spiro atoms. The molecule has 0 aromatic carbocycles. The quantitative estimate of drug-likeness (QED) is 0.810. The maximum absolute atomic E-state index is 13.2. The Morgan fingerprint density at radius 3 is 2.77 bits per heavy atom. The van der Waals surface area contributed by atoms with Gasteiger partial charge in [0.15, 0.2) is 0 Å². The predicted molar refractivity (Wildman–Crippen MR) is 112 cm³/mol. The van der Waals surface area contributed by atoms with Gasteiger partial charge in [-0.1, -0.05) is 12.1 Å². The van der Waals surface area contributed by atoms with Crippen molar-refractivity contribution in [3.63, 3.8) is 0 Å². The van der Waals surface area contributed by atoms with Crippen molar-refractivity contribution < 1.29 is 9.53 Å². The van der Waals surface area contributed by atoms with Crippen molar-refractivity contribution in [3.05, 3.63) is 57.6 Å². The fraction of sp³-hybridized carbons (Fsp3) is 0.500. The Bertz CT molecular complexity index is 1010. The van der Waals surface area contributed by atoms with Gasteiger partial charge >= 0.3 is 0 Å². The molecule has 3 aliphatic heterocycles. The van der Waals surface area contributed by atoms with E-state index in [1.54, 1.807) is 18.2 Å². The summed E-state index contributed by atoms with van der Waals surface area (Å²) in [5.74, 6) is 0.713. The molecule has 5 heterocycles. The summed E-state index contributed by atoms with van der Waals surface area (Å²) in [4.78, 5) is 34.5. The second-order valence-corrected chi connectivity index (χ2v) is 8.54. The van der Waals surface area contributed by atoms with Gasteiger partial charge in [0, 0.05) is 56.4 Å². The van der Waals surface area contributed by atoms with E-state index in [1.165, 1.54) is 0 Å². The molecule has 0 unspecified atom stereocenters. The number of nitrogens with two attached hydrogens (primary N) is 1. The van der Waals surface area contributed by atoms with Crippen molar-refractivity contribution in [2.45, 2.75) is 25.4 Å². The molecule has 3 aliphatic rings. The van der Waals surface area contributed by atoms with Crippen LogP contribution in [0.1, 0.15) is 34.1 Å². The summed E-state index contributed by atoms with van der Waals surface area (Å²) in [6.45, 7) is 5.76. The van der Waals surface area contributed by atoms with Crippen LogP contribution in [-0.4, -0.2) is 64.7 Å². The Labute approximate surface area is 175 Å². The maximum Gasteiger partial charge on any atom is 0.272 e. The first kappa shape index (κ1) is 19.3. The van der Waals surface area contributed by atoms with Crippen LogP contribution in [0.5, 0.6) is 0 Å². The zero-order valence-corrected chi connectivity index (χ0v) is 17.0. The van der Waals surface area contributed by atoms with Gasteiger partial charge in [-0.2, -0.15) is 0 Å². The highest BCUT2D eigenvalue weighted by molar-refractivity contribution is 5.92. The van der Waals surface area contributed by atoms with Gasteiger partial charge in [-0.25, -0.2) is 4.98 Å². The molecule has 158 valence electrons. The third-order valence-corrected chi connectivity index (χ3v) is 6.46. The number of carbonyl (C=O) groups is 1. The highest BCUT2D eigenvalue weighted by atomic mass is 16.5. The van der Waals surface area contributed by atoms with Crippen LogP contribution in [-0.2, 0) is 17.8 Å². The zero-order valence-electron chi connectivity index (χ0n) is 17.0. The van der Waals surface area contributed by atoms with Gasteiger partial charge in [0.2, 0.25) is 0 Å². The van der Waals surface area contributed by atoms with Crippen LogP contribution in [0.25, 0.3) is 0 Å². The molecular formula is C22H27N5O3. The molecular weight excluding hydrogens is 382 g/mol. The Morgan fingerprint density at radius 1 is 1.13 bits per heavy atom. The van der Waals surface area contributed by atoms with E-state index < -0.39 is 0 Å². The van der Waals surface area contributed by atoms with Crippen LogP contribution < -0.4 is 11.3 Å². The average Bonchev–Trinajstić information content (AvgIpc) is 2.76. The molecule has 0 aliphatic carbocycles. The van der Waals surface area contributed by atoms with Crippen LogP contribution in [0.2, 0.25) is 0 Å². The number of carbonyl (C=O) groups excluding carboxylic acids is 1. The van der Waals surface area contributed by atoms with Crippen LogP contribution >= 0.6 is 0 Å². The Kier molecular flexibility index (Phi) is 5.04. The van der Waals surface area contributed by atoms with Crippen LogP contribution in [0, 0.1) is 5.92 Å².